The van der Waals surface area contributed by atoms with Crippen LogP contribution in [-0.2, 0) is 10.2 Å². The Morgan fingerprint density at radius 1 is 1.12 bits per heavy atom. The van der Waals surface area contributed by atoms with Crippen LogP contribution in [0.3, 0.4) is 0 Å². The van der Waals surface area contributed by atoms with Gasteiger partial charge in [0.2, 0.25) is 0 Å². The first kappa shape index (κ1) is 16.8. The second kappa shape index (κ2) is 6.60. The maximum atomic E-state index is 13.2. The summed E-state index contributed by atoms with van der Waals surface area (Å²) >= 11 is 0. The molecule has 1 N–H and O–H groups in total. The first-order valence-corrected chi connectivity index (χ1v) is 9.48. The molecule has 0 unspecified atom stereocenters. The molecule has 1 spiro atoms. The van der Waals surface area contributed by atoms with Crippen LogP contribution in [0.5, 0.6) is 0 Å². The number of nitrogens with zero attached hydrogens (tertiary/aromatic N) is 1. The summed E-state index contributed by atoms with van der Waals surface area (Å²) in [5, 5.41) is 3.16. The van der Waals surface area contributed by atoms with Gasteiger partial charge in [0, 0.05) is 38.3 Å². The van der Waals surface area contributed by atoms with Gasteiger partial charge in [0.25, 0.3) is 0 Å². The number of hydrogen-bond acceptors (Lipinski definition) is 2. The highest BCUT2D eigenvalue weighted by Crippen LogP contribution is 2.43. The Hall–Kier alpha value is -1.62. The van der Waals surface area contributed by atoms with Crippen molar-refractivity contribution in [1.82, 2.24) is 10.2 Å². The van der Waals surface area contributed by atoms with Gasteiger partial charge >= 0.3 is 6.03 Å². The zero-order chi connectivity index (χ0) is 17.3. The Labute approximate surface area is 148 Å². The number of ether oxygens (including phenoxy) is 1. The third-order valence-corrected chi connectivity index (χ3v) is 6.62. The molecule has 2 aliphatic heterocycles. The lowest BCUT2D eigenvalue weighted by Gasteiger charge is -2.43. The Morgan fingerprint density at radius 2 is 1.84 bits per heavy atom. The molecule has 0 radical (unpaired) electrons. The molecule has 0 bridgehead atoms. The number of halogens is 1. The summed E-state index contributed by atoms with van der Waals surface area (Å²) in [7, 11) is 0. The van der Waals surface area contributed by atoms with E-state index in [1.165, 1.54) is 18.6 Å². The Bertz CT molecular complexity index is 621. The minimum Gasteiger partial charge on any atom is -0.381 e. The van der Waals surface area contributed by atoms with E-state index in [0.29, 0.717) is 6.54 Å². The van der Waals surface area contributed by atoms with Gasteiger partial charge in [-0.2, -0.15) is 0 Å². The average Bonchev–Trinajstić information content (AvgIpc) is 2.99. The van der Waals surface area contributed by atoms with E-state index in [0.717, 1.165) is 64.0 Å². The fourth-order valence-electron chi connectivity index (χ4n) is 4.65. The van der Waals surface area contributed by atoms with Crippen LogP contribution in [0.25, 0.3) is 0 Å². The Morgan fingerprint density at radius 3 is 2.48 bits per heavy atom. The number of benzene rings is 1. The van der Waals surface area contributed by atoms with E-state index in [2.05, 4.69) is 5.32 Å². The summed E-state index contributed by atoms with van der Waals surface area (Å²) in [5.41, 5.74) is 1.41. The lowest BCUT2D eigenvalue weighted by atomic mass is 9.64. The molecule has 1 saturated carbocycles. The number of urea groups is 1. The maximum Gasteiger partial charge on any atom is 0.317 e. The first-order chi connectivity index (χ1) is 12.1. The lowest BCUT2D eigenvalue weighted by molar-refractivity contribution is 0.0208. The number of hydrogen-bond donors (Lipinski definition) is 1. The van der Waals surface area contributed by atoms with E-state index >= 15 is 0 Å². The van der Waals surface area contributed by atoms with Crippen molar-refractivity contribution in [2.45, 2.75) is 43.9 Å². The van der Waals surface area contributed by atoms with Crippen molar-refractivity contribution in [3.63, 3.8) is 0 Å². The SMILES string of the molecule is O=C(NCC1(c2ccc(F)cc2)CCC1)N1CCC2(CCOCC2)C1. The van der Waals surface area contributed by atoms with Crippen LogP contribution >= 0.6 is 0 Å². The largest absolute Gasteiger partial charge is 0.381 e. The average molecular weight is 346 g/mol. The monoisotopic (exact) mass is 346 g/mol. The summed E-state index contributed by atoms with van der Waals surface area (Å²) in [4.78, 5) is 14.6. The summed E-state index contributed by atoms with van der Waals surface area (Å²) in [5.74, 6) is -0.207. The van der Waals surface area contributed by atoms with Crippen molar-refractivity contribution in [2.75, 3.05) is 32.8 Å². The third kappa shape index (κ3) is 3.26. The quantitative estimate of drug-likeness (QED) is 0.911. The van der Waals surface area contributed by atoms with Gasteiger partial charge in [-0.3, -0.25) is 0 Å². The molecule has 136 valence electrons. The van der Waals surface area contributed by atoms with E-state index in [4.69, 9.17) is 4.74 Å². The maximum absolute atomic E-state index is 13.2. The fraction of sp³-hybridized carbons (Fsp3) is 0.650. The van der Waals surface area contributed by atoms with Crippen LogP contribution in [0.2, 0.25) is 0 Å². The molecule has 2 heterocycles. The van der Waals surface area contributed by atoms with Gasteiger partial charge in [-0.05, 0) is 55.2 Å². The van der Waals surface area contributed by atoms with Gasteiger partial charge in [-0.1, -0.05) is 18.6 Å². The van der Waals surface area contributed by atoms with E-state index in [9.17, 15) is 9.18 Å². The number of carbonyl (C=O) groups excluding carboxylic acids is 1. The van der Waals surface area contributed by atoms with Gasteiger partial charge in [0.15, 0.2) is 0 Å². The highest BCUT2D eigenvalue weighted by Gasteiger charge is 2.42. The summed E-state index contributed by atoms with van der Waals surface area (Å²) in [6.07, 6.45) is 6.50. The molecular formula is C20H27FN2O2. The Kier molecular flexibility index (Phi) is 4.44. The Balaban J connectivity index is 1.36. The zero-order valence-corrected chi connectivity index (χ0v) is 14.7. The van der Waals surface area contributed by atoms with E-state index < -0.39 is 0 Å². The van der Waals surface area contributed by atoms with Gasteiger partial charge < -0.3 is 15.0 Å². The second-order valence-corrected chi connectivity index (χ2v) is 8.08. The second-order valence-electron chi connectivity index (χ2n) is 8.08. The van der Waals surface area contributed by atoms with Crippen LogP contribution in [-0.4, -0.2) is 43.8 Å². The van der Waals surface area contributed by atoms with Crippen molar-refractivity contribution in [3.8, 4) is 0 Å². The lowest BCUT2D eigenvalue weighted by Crippen LogP contribution is -2.49. The number of amides is 2. The molecule has 2 amide bonds. The number of rotatable bonds is 3. The molecule has 2 saturated heterocycles. The normalized spacial score (nSPS) is 24.1. The van der Waals surface area contributed by atoms with Crippen LogP contribution < -0.4 is 5.32 Å². The van der Waals surface area contributed by atoms with Crippen molar-refractivity contribution in [2.24, 2.45) is 5.41 Å². The molecule has 1 aliphatic carbocycles. The van der Waals surface area contributed by atoms with Gasteiger partial charge in [-0.25, -0.2) is 9.18 Å². The highest BCUT2D eigenvalue weighted by atomic mass is 19.1. The highest BCUT2D eigenvalue weighted by molar-refractivity contribution is 5.74. The van der Waals surface area contributed by atoms with Gasteiger partial charge in [0.05, 0.1) is 0 Å². The summed E-state index contributed by atoms with van der Waals surface area (Å²) in [6, 6.07) is 6.83. The van der Waals surface area contributed by atoms with Crippen molar-refractivity contribution >= 4 is 6.03 Å². The molecular weight excluding hydrogens is 319 g/mol. The van der Waals surface area contributed by atoms with E-state index in [1.807, 2.05) is 17.0 Å². The third-order valence-electron chi connectivity index (χ3n) is 6.62. The minimum absolute atomic E-state index is 0.0144. The van der Waals surface area contributed by atoms with Crippen molar-refractivity contribution in [3.05, 3.63) is 35.6 Å². The van der Waals surface area contributed by atoms with Crippen molar-refractivity contribution < 1.29 is 13.9 Å². The molecule has 1 aromatic carbocycles. The van der Waals surface area contributed by atoms with E-state index in [1.54, 1.807) is 0 Å². The van der Waals surface area contributed by atoms with E-state index in [-0.39, 0.29) is 22.7 Å². The topological polar surface area (TPSA) is 41.6 Å². The molecule has 3 fully saturated rings. The molecule has 4 nitrogen and oxygen atoms in total. The van der Waals surface area contributed by atoms with Crippen LogP contribution in [0.4, 0.5) is 9.18 Å². The summed E-state index contributed by atoms with van der Waals surface area (Å²) < 4.78 is 18.7. The van der Waals surface area contributed by atoms with Gasteiger partial charge in [0.1, 0.15) is 5.82 Å². The molecule has 5 heteroatoms. The molecule has 0 aromatic heterocycles. The molecule has 1 aromatic rings. The predicted molar refractivity (Wildman–Crippen MR) is 94.0 cm³/mol. The standard InChI is InChI=1S/C20H27FN2O2/c21-17-4-2-16(3-5-17)20(6-1-7-20)14-22-18(24)23-11-8-19(15-23)9-12-25-13-10-19/h2-5H,1,6-15H2,(H,22,24). The van der Waals surface area contributed by atoms with Gasteiger partial charge in [-0.15, -0.1) is 0 Å². The number of likely N-dealkylation sites (tertiary alicyclic amines) is 1. The smallest absolute Gasteiger partial charge is 0.317 e. The first-order valence-electron chi connectivity index (χ1n) is 9.48. The number of carbonyl (C=O) groups is 1. The van der Waals surface area contributed by atoms with Crippen molar-refractivity contribution in [1.29, 1.82) is 0 Å². The van der Waals surface area contributed by atoms with Crippen LogP contribution in [0.15, 0.2) is 24.3 Å². The molecule has 0 atom stereocenters. The molecule has 25 heavy (non-hydrogen) atoms. The number of nitrogens with one attached hydrogen (secondary N) is 1. The fourth-order valence-corrected chi connectivity index (χ4v) is 4.65. The zero-order valence-electron chi connectivity index (χ0n) is 14.7. The minimum atomic E-state index is -0.207. The van der Waals surface area contributed by atoms with Crippen LogP contribution in [0, 0.1) is 11.2 Å². The molecule has 4 rings (SSSR count). The van der Waals surface area contributed by atoms with Crippen LogP contribution in [0.1, 0.15) is 44.1 Å². The predicted octanol–water partition coefficient (Wildman–Crippen LogP) is 3.46. The summed E-state index contributed by atoms with van der Waals surface area (Å²) in [6.45, 7) is 3.98. The molecule has 3 aliphatic rings.